The number of hydrogen-bond acceptors (Lipinski definition) is 7. The molecule has 1 fully saturated rings. The SMILES string of the molecule is CCN(CC)C(=O)CSc1nc2ccc(NC(=O)C3CC(=O)N(Cc4ccco4)C3)cc2s1. The number of hydrogen-bond donors (Lipinski definition) is 1. The van der Waals surface area contributed by atoms with Crippen molar-refractivity contribution in [2.24, 2.45) is 5.92 Å². The van der Waals surface area contributed by atoms with E-state index in [4.69, 9.17) is 4.42 Å². The van der Waals surface area contributed by atoms with Crippen LogP contribution in [0.3, 0.4) is 0 Å². The summed E-state index contributed by atoms with van der Waals surface area (Å²) in [6.45, 7) is 6.09. The normalized spacial score (nSPS) is 15.9. The van der Waals surface area contributed by atoms with E-state index in [1.807, 2.05) is 38.1 Å². The molecule has 0 spiro atoms. The summed E-state index contributed by atoms with van der Waals surface area (Å²) in [4.78, 5) is 45.4. The van der Waals surface area contributed by atoms with Crippen molar-refractivity contribution >= 4 is 56.7 Å². The molecule has 0 bridgehead atoms. The molecule has 174 valence electrons. The maximum Gasteiger partial charge on any atom is 0.232 e. The number of nitrogens with one attached hydrogen (secondary N) is 1. The molecule has 1 saturated heterocycles. The fourth-order valence-corrected chi connectivity index (χ4v) is 5.78. The van der Waals surface area contributed by atoms with Crippen molar-refractivity contribution in [3.63, 3.8) is 0 Å². The number of benzene rings is 1. The number of likely N-dealkylation sites (tertiary alicyclic amines) is 1. The molecule has 2 aromatic heterocycles. The smallest absolute Gasteiger partial charge is 0.232 e. The summed E-state index contributed by atoms with van der Waals surface area (Å²) in [5.74, 6) is 0.535. The van der Waals surface area contributed by atoms with Crippen molar-refractivity contribution in [2.75, 3.05) is 30.7 Å². The van der Waals surface area contributed by atoms with Crippen LogP contribution in [-0.4, -0.2) is 57.9 Å². The van der Waals surface area contributed by atoms with E-state index < -0.39 is 5.92 Å². The van der Waals surface area contributed by atoms with Crippen molar-refractivity contribution in [3.8, 4) is 0 Å². The second-order valence-corrected chi connectivity index (χ2v) is 10.0. The predicted octanol–water partition coefficient (Wildman–Crippen LogP) is 3.84. The van der Waals surface area contributed by atoms with Gasteiger partial charge in [0.15, 0.2) is 4.34 Å². The van der Waals surface area contributed by atoms with Crippen LogP contribution < -0.4 is 5.32 Å². The Morgan fingerprint density at radius 2 is 2.12 bits per heavy atom. The van der Waals surface area contributed by atoms with Gasteiger partial charge in [-0.05, 0) is 44.2 Å². The van der Waals surface area contributed by atoms with Gasteiger partial charge in [-0.1, -0.05) is 11.8 Å². The number of furan rings is 1. The maximum atomic E-state index is 12.8. The fraction of sp³-hybridized carbons (Fsp3) is 0.391. The van der Waals surface area contributed by atoms with Crippen LogP contribution in [0.4, 0.5) is 5.69 Å². The lowest BCUT2D eigenvalue weighted by molar-refractivity contribution is -0.129. The molecule has 1 aliphatic heterocycles. The molecule has 0 aliphatic carbocycles. The highest BCUT2D eigenvalue weighted by Gasteiger charge is 2.34. The Labute approximate surface area is 200 Å². The number of thiazole rings is 1. The summed E-state index contributed by atoms with van der Waals surface area (Å²) >= 11 is 2.93. The quantitative estimate of drug-likeness (QED) is 0.462. The summed E-state index contributed by atoms with van der Waals surface area (Å²) in [5.41, 5.74) is 1.50. The van der Waals surface area contributed by atoms with Crippen LogP contribution in [0, 0.1) is 5.92 Å². The Balaban J connectivity index is 1.35. The monoisotopic (exact) mass is 486 g/mol. The third kappa shape index (κ3) is 5.56. The van der Waals surface area contributed by atoms with Crippen molar-refractivity contribution in [1.29, 1.82) is 0 Å². The molecule has 3 aromatic rings. The Bertz CT molecular complexity index is 1140. The molecule has 0 radical (unpaired) electrons. The fourth-order valence-electron chi connectivity index (χ4n) is 3.77. The number of thioether (sulfide) groups is 1. The molecule has 1 atom stereocenters. The number of aromatic nitrogens is 1. The van der Waals surface area contributed by atoms with Gasteiger partial charge in [-0.3, -0.25) is 14.4 Å². The van der Waals surface area contributed by atoms with Crippen LogP contribution in [0.5, 0.6) is 0 Å². The van der Waals surface area contributed by atoms with Crippen LogP contribution in [0.1, 0.15) is 26.0 Å². The summed E-state index contributed by atoms with van der Waals surface area (Å²) in [6, 6.07) is 9.16. The van der Waals surface area contributed by atoms with Crippen LogP contribution in [0.2, 0.25) is 0 Å². The zero-order valence-electron chi connectivity index (χ0n) is 18.6. The van der Waals surface area contributed by atoms with Gasteiger partial charge in [0.1, 0.15) is 5.76 Å². The third-order valence-corrected chi connectivity index (χ3v) is 7.73. The Morgan fingerprint density at radius 3 is 2.85 bits per heavy atom. The van der Waals surface area contributed by atoms with Crippen LogP contribution >= 0.6 is 23.1 Å². The van der Waals surface area contributed by atoms with Gasteiger partial charge in [-0.15, -0.1) is 11.3 Å². The van der Waals surface area contributed by atoms with E-state index in [-0.39, 0.29) is 24.1 Å². The van der Waals surface area contributed by atoms with E-state index in [1.54, 1.807) is 22.1 Å². The molecule has 3 heterocycles. The summed E-state index contributed by atoms with van der Waals surface area (Å²) in [5, 5.41) is 2.94. The zero-order chi connectivity index (χ0) is 23.4. The Kier molecular flexibility index (Phi) is 7.34. The average molecular weight is 487 g/mol. The Morgan fingerprint density at radius 1 is 1.30 bits per heavy atom. The lowest BCUT2D eigenvalue weighted by atomic mass is 10.1. The van der Waals surface area contributed by atoms with E-state index in [0.717, 1.165) is 14.6 Å². The third-order valence-electron chi connectivity index (χ3n) is 5.58. The molecule has 4 rings (SSSR count). The first-order valence-electron chi connectivity index (χ1n) is 10.9. The highest BCUT2D eigenvalue weighted by molar-refractivity contribution is 8.01. The lowest BCUT2D eigenvalue weighted by Crippen LogP contribution is -2.31. The van der Waals surface area contributed by atoms with Gasteiger partial charge in [0.2, 0.25) is 17.7 Å². The average Bonchev–Trinajstić information content (AvgIpc) is 3.54. The van der Waals surface area contributed by atoms with Crippen molar-refractivity contribution in [1.82, 2.24) is 14.8 Å². The predicted molar refractivity (Wildman–Crippen MR) is 129 cm³/mol. The zero-order valence-corrected chi connectivity index (χ0v) is 20.2. The van der Waals surface area contributed by atoms with E-state index >= 15 is 0 Å². The van der Waals surface area contributed by atoms with Crippen LogP contribution in [-0.2, 0) is 20.9 Å². The molecule has 33 heavy (non-hydrogen) atoms. The van der Waals surface area contributed by atoms with Gasteiger partial charge < -0.3 is 19.5 Å². The minimum atomic E-state index is -0.401. The lowest BCUT2D eigenvalue weighted by Gasteiger charge is -2.17. The number of carbonyl (C=O) groups excluding carboxylic acids is 3. The molecular weight excluding hydrogens is 460 g/mol. The first-order chi connectivity index (χ1) is 16.0. The van der Waals surface area contributed by atoms with Crippen LogP contribution in [0.25, 0.3) is 10.2 Å². The van der Waals surface area contributed by atoms with Gasteiger partial charge in [-0.25, -0.2) is 4.98 Å². The maximum absolute atomic E-state index is 12.8. The molecule has 1 unspecified atom stereocenters. The second-order valence-electron chi connectivity index (χ2n) is 7.76. The van der Waals surface area contributed by atoms with Crippen molar-refractivity contribution in [3.05, 3.63) is 42.4 Å². The minimum absolute atomic E-state index is 0.0506. The van der Waals surface area contributed by atoms with E-state index in [9.17, 15) is 14.4 Å². The number of rotatable bonds is 9. The summed E-state index contributed by atoms with van der Waals surface area (Å²) in [7, 11) is 0. The molecule has 1 aromatic carbocycles. The number of nitrogens with zero attached hydrogens (tertiary/aromatic N) is 3. The van der Waals surface area contributed by atoms with Gasteiger partial charge >= 0.3 is 0 Å². The van der Waals surface area contributed by atoms with E-state index in [2.05, 4.69) is 10.3 Å². The van der Waals surface area contributed by atoms with Crippen LogP contribution in [0.15, 0.2) is 45.4 Å². The topological polar surface area (TPSA) is 95.8 Å². The molecule has 10 heteroatoms. The largest absolute Gasteiger partial charge is 0.467 e. The highest BCUT2D eigenvalue weighted by atomic mass is 32.2. The van der Waals surface area contributed by atoms with Crippen molar-refractivity contribution < 1.29 is 18.8 Å². The number of amides is 3. The first kappa shape index (κ1) is 23.3. The molecular formula is C23H26N4O4S2. The summed E-state index contributed by atoms with van der Waals surface area (Å²) in [6.07, 6.45) is 1.76. The number of anilines is 1. The first-order valence-corrected chi connectivity index (χ1v) is 12.7. The van der Waals surface area contributed by atoms with Gasteiger partial charge in [0.25, 0.3) is 0 Å². The molecule has 8 nitrogen and oxygen atoms in total. The van der Waals surface area contributed by atoms with Gasteiger partial charge in [0, 0.05) is 31.7 Å². The minimum Gasteiger partial charge on any atom is -0.467 e. The van der Waals surface area contributed by atoms with Crippen molar-refractivity contribution in [2.45, 2.75) is 31.2 Å². The second kappa shape index (κ2) is 10.4. The van der Waals surface area contributed by atoms with E-state index in [0.29, 0.717) is 43.4 Å². The number of fused-ring (bicyclic) bond motifs is 1. The molecule has 1 aliphatic rings. The molecule has 3 amide bonds. The number of carbonyl (C=O) groups is 3. The van der Waals surface area contributed by atoms with Gasteiger partial charge in [-0.2, -0.15) is 0 Å². The molecule has 0 saturated carbocycles. The van der Waals surface area contributed by atoms with E-state index in [1.165, 1.54) is 23.1 Å². The van der Waals surface area contributed by atoms with Gasteiger partial charge in [0.05, 0.1) is 34.7 Å². The standard InChI is InChI=1S/C23H26N4O4S2/c1-3-26(4-2)21(29)14-32-23-25-18-8-7-16(11-19(18)33-23)24-22(30)15-10-20(28)27(12-15)13-17-6-5-9-31-17/h5-9,11,15H,3-4,10,12-14H2,1-2H3,(H,24,30). The summed E-state index contributed by atoms with van der Waals surface area (Å²) < 4.78 is 7.07. The Hall–Kier alpha value is -2.85. The molecule has 1 N–H and O–H groups in total. The highest BCUT2D eigenvalue weighted by Crippen LogP contribution is 2.32.